The van der Waals surface area contributed by atoms with Crippen LogP contribution in [0.25, 0.3) is 0 Å². The molecular formula is C11H17N3O4. The highest BCUT2D eigenvalue weighted by molar-refractivity contribution is 5.88. The molecule has 0 aromatic heterocycles. The van der Waals surface area contributed by atoms with Gasteiger partial charge in [0.2, 0.25) is 17.7 Å². The van der Waals surface area contributed by atoms with E-state index in [0.717, 1.165) is 6.54 Å². The number of hydroxylamine groups is 1. The molecule has 1 heterocycles. The molecule has 1 saturated heterocycles. The number of amides is 3. The van der Waals surface area contributed by atoms with Crippen LogP contribution in [0.3, 0.4) is 0 Å². The SMILES string of the molecule is NC(=O)CONC(=O)C1CC(=O)N(CC2CC2)C1. The van der Waals surface area contributed by atoms with Crippen molar-refractivity contribution in [2.24, 2.45) is 17.6 Å². The van der Waals surface area contributed by atoms with Gasteiger partial charge in [-0.05, 0) is 18.8 Å². The summed E-state index contributed by atoms with van der Waals surface area (Å²) in [6.07, 6.45) is 2.54. The van der Waals surface area contributed by atoms with Gasteiger partial charge < -0.3 is 10.6 Å². The van der Waals surface area contributed by atoms with E-state index in [4.69, 9.17) is 5.73 Å². The van der Waals surface area contributed by atoms with Crippen molar-refractivity contribution >= 4 is 17.7 Å². The van der Waals surface area contributed by atoms with Gasteiger partial charge in [0.05, 0.1) is 5.92 Å². The summed E-state index contributed by atoms with van der Waals surface area (Å²) in [6, 6.07) is 0. The molecule has 1 saturated carbocycles. The van der Waals surface area contributed by atoms with E-state index >= 15 is 0 Å². The van der Waals surface area contributed by atoms with Gasteiger partial charge in [0.1, 0.15) is 0 Å². The Morgan fingerprint density at radius 1 is 1.44 bits per heavy atom. The molecule has 1 aliphatic heterocycles. The fraction of sp³-hybridized carbons (Fsp3) is 0.727. The minimum Gasteiger partial charge on any atom is -0.368 e. The van der Waals surface area contributed by atoms with Crippen molar-refractivity contribution in [3.8, 4) is 0 Å². The van der Waals surface area contributed by atoms with Gasteiger partial charge in [-0.15, -0.1) is 0 Å². The Bertz CT molecular complexity index is 367. The molecule has 0 spiro atoms. The largest absolute Gasteiger partial charge is 0.368 e. The zero-order valence-electron chi connectivity index (χ0n) is 10.1. The Morgan fingerprint density at radius 3 is 2.78 bits per heavy atom. The maximum atomic E-state index is 11.7. The molecular weight excluding hydrogens is 238 g/mol. The minimum absolute atomic E-state index is 0.0111. The molecule has 3 N–H and O–H groups in total. The number of likely N-dealkylation sites (tertiary alicyclic amines) is 1. The van der Waals surface area contributed by atoms with E-state index in [0.29, 0.717) is 12.5 Å². The van der Waals surface area contributed by atoms with Gasteiger partial charge in [0, 0.05) is 19.5 Å². The van der Waals surface area contributed by atoms with Gasteiger partial charge in [-0.25, -0.2) is 5.48 Å². The van der Waals surface area contributed by atoms with Crippen molar-refractivity contribution in [3.05, 3.63) is 0 Å². The van der Waals surface area contributed by atoms with Crippen LogP contribution in [0.4, 0.5) is 0 Å². The predicted molar refractivity (Wildman–Crippen MR) is 60.7 cm³/mol. The monoisotopic (exact) mass is 255 g/mol. The molecule has 18 heavy (non-hydrogen) atoms. The first-order valence-electron chi connectivity index (χ1n) is 6.04. The molecule has 1 atom stereocenters. The van der Waals surface area contributed by atoms with Gasteiger partial charge in [-0.3, -0.25) is 19.2 Å². The molecule has 3 amide bonds. The van der Waals surface area contributed by atoms with E-state index in [2.05, 4.69) is 10.3 Å². The summed E-state index contributed by atoms with van der Waals surface area (Å²) in [6.45, 7) is 0.823. The molecule has 0 aromatic carbocycles. The van der Waals surface area contributed by atoms with Crippen molar-refractivity contribution in [2.45, 2.75) is 19.3 Å². The molecule has 7 heteroatoms. The predicted octanol–water partition coefficient (Wildman–Crippen LogP) is -1.22. The molecule has 7 nitrogen and oxygen atoms in total. The smallest absolute Gasteiger partial charge is 0.248 e. The topological polar surface area (TPSA) is 102 Å². The maximum Gasteiger partial charge on any atom is 0.248 e. The Balaban J connectivity index is 1.74. The molecule has 2 rings (SSSR count). The molecule has 0 bridgehead atoms. The lowest BCUT2D eigenvalue weighted by Crippen LogP contribution is -2.35. The Kier molecular flexibility index (Phi) is 3.81. The van der Waals surface area contributed by atoms with Crippen LogP contribution in [0.2, 0.25) is 0 Å². The second-order valence-corrected chi connectivity index (χ2v) is 4.86. The van der Waals surface area contributed by atoms with Crippen molar-refractivity contribution in [1.29, 1.82) is 0 Å². The van der Waals surface area contributed by atoms with Gasteiger partial charge >= 0.3 is 0 Å². The van der Waals surface area contributed by atoms with Crippen molar-refractivity contribution < 1.29 is 19.2 Å². The second-order valence-electron chi connectivity index (χ2n) is 4.86. The van der Waals surface area contributed by atoms with Crippen molar-refractivity contribution in [2.75, 3.05) is 19.7 Å². The summed E-state index contributed by atoms with van der Waals surface area (Å²) in [4.78, 5) is 40.1. The zero-order valence-corrected chi connectivity index (χ0v) is 10.1. The second kappa shape index (κ2) is 5.34. The minimum atomic E-state index is -0.659. The summed E-state index contributed by atoms with van der Waals surface area (Å²) in [5.74, 6) is -0.806. The first-order chi connectivity index (χ1) is 8.56. The van der Waals surface area contributed by atoms with E-state index in [-0.39, 0.29) is 24.8 Å². The molecule has 1 aliphatic carbocycles. The van der Waals surface area contributed by atoms with E-state index in [9.17, 15) is 14.4 Å². The third-order valence-corrected chi connectivity index (χ3v) is 3.15. The van der Waals surface area contributed by atoms with Crippen LogP contribution in [-0.4, -0.2) is 42.3 Å². The summed E-state index contributed by atoms with van der Waals surface area (Å²) < 4.78 is 0. The Hall–Kier alpha value is -1.63. The molecule has 2 aliphatic rings. The van der Waals surface area contributed by atoms with Crippen LogP contribution >= 0.6 is 0 Å². The fourth-order valence-corrected chi connectivity index (χ4v) is 2.00. The number of hydrogen-bond acceptors (Lipinski definition) is 4. The molecule has 0 radical (unpaired) electrons. The standard InChI is InChI=1S/C11H17N3O4/c12-9(15)6-18-13-11(17)8-3-10(16)14(5-8)4-7-1-2-7/h7-8H,1-6H2,(H2,12,15)(H,13,17). The highest BCUT2D eigenvalue weighted by Gasteiger charge is 2.37. The molecule has 2 fully saturated rings. The highest BCUT2D eigenvalue weighted by atomic mass is 16.7. The average Bonchev–Trinajstić information content (AvgIpc) is 3.02. The lowest BCUT2D eigenvalue weighted by atomic mass is 10.1. The molecule has 0 aromatic rings. The number of rotatable bonds is 6. The lowest BCUT2D eigenvalue weighted by Gasteiger charge is -2.15. The summed E-state index contributed by atoms with van der Waals surface area (Å²) >= 11 is 0. The van der Waals surface area contributed by atoms with Crippen molar-refractivity contribution in [1.82, 2.24) is 10.4 Å². The van der Waals surface area contributed by atoms with Gasteiger partial charge in [-0.1, -0.05) is 0 Å². The van der Waals surface area contributed by atoms with Crippen LogP contribution in [0, 0.1) is 11.8 Å². The third-order valence-electron chi connectivity index (χ3n) is 3.15. The Labute approximate surface area is 105 Å². The number of hydrogen-bond donors (Lipinski definition) is 2. The average molecular weight is 255 g/mol. The fourth-order valence-electron chi connectivity index (χ4n) is 2.00. The molecule has 100 valence electrons. The van der Waals surface area contributed by atoms with Gasteiger partial charge in [-0.2, -0.15) is 0 Å². The summed E-state index contributed by atoms with van der Waals surface area (Å²) in [5, 5.41) is 0. The first-order valence-corrected chi connectivity index (χ1v) is 6.04. The summed E-state index contributed by atoms with van der Waals surface area (Å²) in [7, 11) is 0. The van der Waals surface area contributed by atoms with Crippen LogP contribution in [-0.2, 0) is 19.2 Å². The zero-order chi connectivity index (χ0) is 13.1. The maximum absolute atomic E-state index is 11.7. The van der Waals surface area contributed by atoms with E-state index in [1.54, 1.807) is 4.90 Å². The first kappa shape index (κ1) is 12.8. The number of primary amides is 1. The number of nitrogens with zero attached hydrogens (tertiary/aromatic N) is 1. The van der Waals surface area contributed by atoms with E-state index < -0.39 is 11.8 Å². The van der Waals surface area contributed by atoms with Gasteiger partial charge in [0.25, 0.3) is 0 Å². The van der Waals surface area contributed by atoms with Crippen molar-refractivity contribution in [3.63, 3.8) is 0 Å². The number of nitrogens with one attached hydrogen (secondary N) is 1. The highest BCUT2D eigenvalue weighted by Crippen LogP contribution is 2.31. The van der Waals surface area contributed by atoms with E-state index in [1.807, 2.05) is 0 Å². The van der Waals surface area contributed by atoms with Crippen LogP contribution in [0.1, 0.15) is 19.3 Å². The number of nitrogens with two attached hydrogens (primary N) is 1. The lowest BCUT2D eigenvalue weighted by molar-refractivity contribution is -0.141. The number of carbonyl (C=O) groups is 3. The third kappa shape index (κ3) is 3.43. The van der Waals surface area contributed by atoms with Crippen LogP contribution in [0.5, 0.6) is 0 Å². The summed E-state index contributed by atoms with van der Waals surface area (Å²) in [5.41, 5.74) is 7.01. The number of carbonyl (C=O) groups excluding carboxylic acids is 3. The van der Waals surface area contributed by atoms with Crippen LogP contribution < -0.4 is 11.2 Å². The van der Waals surface area contributed by atoms with E-state index in [1.165, 1.54) is 12.8 Å². The quantitative estimate of drug-likeness (QED) is 0.581. The van der Waals surface area contributed by atoms with Gasteiger partial charge in [0.15, 0.2) is 6.61 Å². The van der Waals surface area contributed by atoms with Crippen LogP contribution in [0.15, 0.2) is 0 Å². The normalized spacial score (nSPS) is 23.2. The Morgan fingerprint density at radius 2 is 2.17 bits per heavy atom. The molecule has 1 unspecified atom stereocenters.